The number of carbonyl (C=O) groups is 1. The lowest BCUT2D eigenvalue weighted by atomic mass is 10.1. The Hall–Kier alpha value is -3.06. The molecule has 1 aromatic heterocycles. The molecule has 0 unspecified atom stereocenters. The highest BCUT2D eigenvalue weighted by molar-refractivity contribution is 7.16. The van der Waals surface area contributed by atoms with Crippen molar-refractivity contribution in [3.8, 4) is 17.0 Å². The Morgan fingerprint density at radius 2 is 1.69 bits per heavy atom. The molecule has 2 heterocycles. The quantitative estimate of drug-likeness (QED) is 0.669. The maximum absolute atomic E-state index is 11.3. The second-order valence-electron chi connectivity index (χ2n) is 6.88. The van der Waals surface area contributed by atoms with Crippen LogP contribution in [0, 0.1) is 0 Å². The van der Waals surface area contributed by atoms with Gasteiger partial charge in [0.25, 0.3) is 0 Å². The fourth-order valence-corrected chi connectivity index (χ4v) is 4.63. The van der Waals surface area contributed by atoms with E-state index in [1.54, 1.807) is 7.11 Å². The molecule has 1 N–H and O–H groups in total. The van der Waals surface area contributed by atoms with E-state index in [-0.39, 0.29) is 6.42 Å². The molecule has 150 valence electrons. The summed E-state index contributed by atoms with van der Waals surface area (Å²) in [4.78, 5) is 21.6. The number of rotatable bonds is 6. The van der Waals surface area contributed by atoms with Gasteiger partial charge in [-0.05, 0) is 24.3 Å². The highest BCUT2D eigenvalue weighted by Gasteiger charge is 2.23. The summed E-state index contributed by atoms with van der Waals surface area (Å²) in [7, 11) is 1.67. The summed E-state index contributed by atoms with van der Waals surface area (Å²) in [5.41, 5.74) is 2.93. The minimum absolute atomic E-state index is 0.00624. The second-order valence-corrected chi connectivity index (χ2v) is 7.94. The largest absolute Gasteiger partial charge is 0.497 e. The lowest BCUT2D eigenvalue weighted by molar-refractivity contribution is -0.136. The van der Waals surface area contributed by atoms with Gasteiger partial charge in [0.05, 0.1) is 19.2 Å². The number of aliphatic carboxylic acids is 1. The van der Waals surface area contributed by atoms with E-state index in [4.69, 9.17) is 9.72 Å². The summed E-state index contributed by atoms with van der Waals surface area (Å²) >= 11 is 1.49. The van der Waals surface area contributed by atoms with Gasteiger partial charge in [0.2, 0.25) is 0 Å². The number of thiazole rings is 1. The lowest BCUT2D eigenvalue weighted by Crippen LogP contribution is -2.46. The zero-order valence-electron chi connectivity index (χ0n) is 16.2. The molecule has 3 aromatic rings. The SMILES string of the molecule is COc1ccc(N2CCN(c3nc(-c4ccccc4)c(CC(=O)O)s3)CC2)cc1. The minimum atomic E-state index is -0.832. The normalized spacial score (nSPS) is 14.1. The van der Waals surface area contributed by atoms with Gasteiger partial charge in [-0.15, -0.1) is 11.3 Å². The first-order chi connectivity index (χ1) is 14.1. The first kappa shape index (κ1) is 19.3. The van der Waals surface area contributed by atoms with Crippen molar-refractivity contribution in [2.45, 2.75) is 6.42 Å². The van der Waals surface area contributed by atoms with Crippen molar-refractivity contribution in [3.63, 3.8) is 0 Å². The van der Waals surface area contributed by atoms with Crippen molar-refractivity contribution in [2.75, 3.05) is 43.1 Å². The molecule has 1 aliphatic rings. The van der Waals surface area contributed by atoms with Crippen LogP contribution in [0.1, 0.15) is 4.88 Å². The molecule has 1 aliphatic heterocycles. The molecule has 0 spiro atoms. The molecule has 1 saturated heterocycles. The zero-order valence-corrected chi connectivity index (χ0v) is 17.1. The fourth-order valence-electron chi connectivity index (χ4n) is 3.50. The number of ether oxygens (including phenoxy) is 1. The molecule has 0 bridgehead atoms. The van der Waals surface area contributed by atoms with Crippen molar-refractivity contribution in [3.05, 3.63) is 59.5 Å². The number of benzene rings is 2. The van der Waals surface area contributed by atoms with Crippen molar-refractivity contribution in [1.29, 1.82) is 0 Å². The van der Waals surface area contributed by atoms with Crippen LogP contribution >= 0.6 is 11.3 Å². The highest BCUT2D eigenvalue weighted by Crippen LogP contribution is 2.34. The third-order valence-electron chi connectivity index (χ3n) is 5.03. The van der Waals surface area contributed by atoms with E-state index in [1.165, 1.54) is 17.0 Å². The zero-order chi connectivity index (χ0) is 20.2. The van der Waals surface area contributed by atoms with E-state index < -0.39 is 5.97 Å². The van der Waals surface area contributed by atoms with Crippen LogP contribution in [-0.4, -0.2) is 49.3 Å². The number of aromatic nitrogens is 1. The standard InChI is InChI=1S/C22H23N3O3S/c1-28-18-9-7-17(8-10-18)24-11-13-25(14-12-24)22-23-21(16-5-3-2-4-6-16)19(29-22)15-20(26)27/h2-10H,11-15H2,1H3,(H,26,27). The van der Waals surface area contributed by atoms with Crippen LogP contribution in [0.5, 0.6) is 5.75 Å². The Kier molecular flexibility index (Phi) is 5.67. The van der Waals surface area contributed by atoms with Crippen LogP contribution in [0.2, 0.25) is 0 Å². The maximum atomic E-state index is 11.3. The summed E-state index contributed by atoms with van der Waals surface area (Å²) in [5, 5.41) is 10.2. The Morgan fingerprint density at radius 3 is 2.31 bits per heavy atom. The smallest absolute Gasteiger partial charge is 0.308 e. The van der Waals surface area contributed by atoms with E-state index in [9.17, 15) is 9.90 Å². The van der Waals surface area contributed by atoms with Crippen molar-refractivity contribution in [2.24, 2.45) is 0 Å². The van der Waals surface area contributed by atoms with Crippen LogP contribution in [0.3, 0.4) is 0 Å². The van der Waals surface area contributed by atoms with Gasteiger partial charge in [0, 0.05) is 42.3 Å². The molecule has 1 fully saturated rings. The molecular formula is C22H23N3O3S. The van der Waals surface area contributed by atoms with Crippen molar-refractivity contribution in [1.82, 2.24) is 4.98 Å². The third kappa shape index (κ3) is 4.35. The molecule has 6 nitrogen and oxygen atoms in total. The minimum Gasteiger partial charge on any atom is -0.497 e. The van der Waals surface area contributed by atoms with Crippen LogP contribution in [-0.2, 0) is 11.2 Å². The molecule has 29 heavy (non-hydrogen) atoms. The monoisotopic (exact) mass is 409 g/mol. The number of nitrogens with zero attached hydrogens (tertiary/aromatic N) is 3. The number of carboxylic acids is 1. The molecule has 4 rings (SSSR count). The summed E-state index contributed by atoms with van der Waals surface area (Å²) in [6.45, 7) is 3.47. The number of piperazine rings is 1. The van der Waals surface area contributed by atoms with E-state index in [0.717, 1.165) is 53.2 Å². The summed E-state index contributed by atoms with van der Waals surface area (Å²) in [6.07, 6.45) is -0.00624. The Balaban J connectivity index is 1.50. The topological polar surface area (TPSA) is 65.9 Å². The first-order valence-electron chi connectivity index (χ1n) is 9.55. The van der Waals surface area contributed by atoms with Gasteiger partial charge in [-0.25, -0.2) is 4.98 Å². The molecule has 7 heteroatoms. The number of carboxylic acid groups (broad SMARTS) is 1. The average molecular weight is 410 g/mol. The molecule has 0 amide bonds. The maximum Gasteiger partial charge on any atom is 0.308 e. The predicted molar refractivity (Wildman–Crippen MR) is 116 cm³/mol. The summed E-state index contributed by atoms with van der Waals surface area (Å²) in [5.74, 6) is 0.0243. The number of hydrogen-bond acceptors (Lipinski definition) is 6. The van der Waals surface area contributed by atoms with Gasteiger partial charge in [-0.3, -0.25) is 4.79 Å². The fraction of sp³-hybridized carbons (Fsp3) is 0.273. The Morgan fingerprint density at radius 1 is 1.03 bits per heavy atom. The third-order valence-corrected chi connectivity index (χ3v) is 6.15. The van der Waals surface area contributed by atoms with Crippen molar-refractivity contribution >= 4 is 28.1 Å². The van der Waals surface area contributed by atoms with E-state index >= 15 is 0 Å². The summed E-state index contributed by atoms with van der Waals surface area (Å²) < 4.78 is 5.23. The lowest BCUT2D eigenvalue weighted by Gasteiger charge is -2.36. The van der Waals surface area contributed by atoms with Crippen LogP contribution < -0.4 is 14.5 Å². The number of hydrogen-bond donors (Lipinski definition) is 1. The molecule has 0 radical (unpaired) electrons. The van der Waals surface area contributed by atoms with E-state index in [2.05, 4.69) is 21.9 Å². The van der Waals surface area contributed by atoms with E-state index in [1.807, 2.05) is 42.5 Å². The van der Waals surface area contributed by atoms with Crippen LogP contribution in [0.4, 0.5) is 10.8 Å². The molecule has 2 aromatic carbocycles. The van der Waals surface area contributed by atoms with Gasteiger partial charge < -0.3 is 19.6 Å². The van der Waals surface area contributed by atoms with Crippen LogP contribution in [0.15, 0.2) is 54.6 Å². The van der Waals surface area contributed by atoms with Crippen LogP contribution in [0.25, 0.3) is 11.3 Å². The van der Waals surface area contributed by atoms with Gasteiger partial charge >= 0.3 is 5.97 Å². The van der Waals surface area contributed by atoms with Gasteiger partial charge in [0.15, 0.2) is 5.13 Å². The van der Waals surface area contributed by atoms with Crippen molar-refractivity contribution < 1.29 is 14.6 Å². The Labute approximate surface area is 174 Å². The summed E-state index contributed by atoms with van der Waals surface area (Å²) in [6, 6.07) is 17.9. The molecule has 0 saturated carbocycles. The first-order valence-corrected chi connectivity index (χ1v) is 10.4. The highest BCUT2D eigenvalue weighted by atomic mass is 32.1. The molecule has 0 aliphatic carbocycles. The Bertz CT molecular complexity index is 965. The number of methoxy groups -OCH3 is 1. The molecular weight excluding hydrogens is 386 g/mol. The molecule has 0 atom stereocenters. The van der Waals surface area contributed by atoms with Gasteiger partial charge in [-0.2, -0.15) is 0 Å². The average Bonchev–Trinajstić information content (AvgIpc) is 3.17. The number of anilines is 2. The van der Waals surface area contributed by atoms with E-state index in [0.29, 0.717) is 0 Å². The second kappa shape index (κ2) is 8.53. The predicted octanol–water partition coefficient (Wildman–Crippen LogP) is 3.77. The van der Waals surface area contributed by atoms with Gasteiger partial charge in [-0.1, -0.05) is 30.3 Å². The van der Waals surface area contributed by atoms with Gasteiger partial charge in [0.1, 0.15) is 5.75 Å².